The molecule has 0 spiro atoms. The average molecular weight is 288 g/mol. The van der Waals surface area contributed by atoms with Crippen LogP contribution in [0.3, 0.4) is 0 Å². The fourth-order valence-electron chi connectivity index (χ4n) is 1.53. The van der Waals surface area contributed by atoms with Gasteiger partial charge < -0.3 is 5.73 Å². The van der Waals surface area contributed by atoms with Gasteiger partial charge in [-0.15, -0.1) is 0 Å². The first-order valence-corrected chi connectivity index (χ1v) is 6.04. The molecule has 0 saturated carbocycles. The molecule has 1 aromatic heterocycles. The molecule has 2 N–H and O–H groups in total. The van der Waals surface area contributed by atoms with Crippen molar-refractivity contribution in [2.45, 2.75) is 6.42 Å². The van der Waals surface area contributed by atoms with Gasteiger partial charge in [0.25, 0.3) is 0 Å². The molecule has 0 aliphatic rings. The zero-order valence-electron chi connectivity index (χ0n) is 8.75. The van der Waals surface area contributed by atoms with Crippen LogP contribution in [0.2, 0.25) is 15.1 Å². The SMILES string of the molecule is Nc1ncc(Cl)cc1Cc1c(Cl)cccc1Cl. The summed E-state index contributed by atoms with van der Waals surface area (Å²) in [7, 11) is 0. The molecule has 1 aromatic carbocycles. The van der Waals surface area contributed by atoms with E-state index in [0.717, 1.165) is 11.1 Å². The minimum atomic E-state index is 0.436. The highest BCUT2D eigenvalue weighted by molar-refractivity contribution is 6.36. The van der Waals surface area contributed by atoms with Crippen molar-refractivity contribution in [2.24, 2.45) is 0 Å². The van der Waals surface area contributed by atoms with Crippen molar-refractivity contribution in [1.29, 1.82) is 0 Å². The number of nitrogens with two attached hydrogens (primary N) is 1. The number of nitrogen functional groups attached to an aromatic ring is 1. The first kappa shape index (κ1) is 12.5. The third kappa shape index (κ3) is 2.83. The molecule has 2 rings (SSSR count). The molecule has 0 amide bonds. The summed E-state index contributed by atoms with van der Waals surface area (Å²) in [6.45, 7) is 0. The van der Waals surface area contributed by atoms with Crippen LogP contribution in [0.15, 0.2) is 30.5 Å². The molecule has 17 heavy (non-hydrogen) atoms. The minimum absolute atomic E-state index is 0.436. The Bertz CT molecular complexity index is 535. The second kappa shape index (κ2) is 5.13. The summed E-state index contributed by atoms with van der Waals surface area (Å²) in [5.74, 6) is 0.436. The standard InChI is InChI=1S/C12H9Cl3N2/c13-8-4-7(12(16)17-6-8)5-9-10(14)2-1-3-11(9)15/h1-4,6H,5H2,(H2,16,17). The molecule has 88 valence electrons. The quantitative estimate of drug-likeness (QED) is 0.898. The van der Waals surface area contributed by atoms with Gasteiger partial charge in [0.05, 0.1) is 5.02 Å². The van der Waals surface area contributed by atoms with E-state index in [4.69, 9.17) is 40.5 Å². The minimum Gasteiger partial charge on any atom is -0.383 e. The average Bonchev–Trinajstić information content (AvgIpc) is 2.28. The first-order chi connectivity index (χ1) is 8.08. The molecule has 2 nitrogen and oxygen atoms in total. The number of aromatic nitrogens is 1. The van der Waals surface area contributed by atoms with E-state index in [9.17, 15) is 0 Å². The topological polar surface area (TPSA) is 38.9 Å². The van der Waals surface area contributed by atoms with Gasteiger partial charge in [0.15, 0.2) is 0 Å². The van der Waals surface area contributed by atoms with Gasteiger partial charge in [0.2, 0.25) is 0 Å². The van der Waals surface area contributed by atoms with Crippen molar-refractivity contribution in [3.63, 3.8) is 0 Å². The largest absolute Gasteiger partial charge is 0.383 e. The molecule has 5 heteroatoms. The maximum Gasteiger partial charge on any atom is 0.126 e. The molecule has 0 radical (unpaired) electrons. The summed E-state index contributed by atoms with van der Waals surface area (Å²) in [5.41, 5.74) is 7.42. The van der Waals surface area contributed by atoms with Crippen LogP contribution in [-0.4, -0.2) is 4.98 Å². The van der Waals surface area contributed by atoms with Gasteiger partial charge in [-0.2, -0.15) is 0 Å². The lowest BCUT2D eigenvalue weighted by Crippen LogP contribution is -1.99. The fraction of sp³-hybridized carbons (Fsp3) is 0.0833. The van der Waals surface area contributed by atoms with Crippen LogP contribution in [0.4, 0.5) is 5.82 Å². The normalized spacial score (nSPS) is 10.5. The Morgan fingerprint density at radius 1 is 1.12 bits per heavy atom. The molecule has 0 atom stereocenters. The van der Waals surface area contributed by atoms with E-state index < -0.39 is 0 Å². The van der Waals surface area contributed by atoms with Gasteiger partial charge in [-0.05, 0) is 23.8 Å². The number of rotatable bonds is 2. The number of hydrogen-bond acceptors (Lipinski definition) is 2. The number of nitrogens with zero attached hydrogens (tertiary/aromatic N) is 1. The summed E-state index contributed by atoms with van der Waals surface area (Å²) in [6, 6.07) is 7.14. The van der Waals surface area contributed by atoms with Crippen LogP contribution in [0.5, 0.6) is 0 Å². The van der Waals surface area contributed by atoms with Gasteiger partial charge in [-0.25, -0.2) is 4.98 Å². The Hall–Kier alpha value is -0.960. The maximum atomic E-state index is 6.09. The summed E-state index contributed by atoms with van der Waals surface area (Å²) >= 11 is 18.1. The van der Waals surface area contributed by atoms with Crippen LogP contribution in [-0.2, 0) is 6.42 Å². The predicted octanol–water partition coefficient (Wildman–Crippen LogP) is 4.21. The van der Waals surface area contributed by atoms with Gasteiger partial charge in [-0.3, -0.25) is 0 Å². The molecule has 0 unspecified atom stereocenters. The monoisotopic (exact) mass is 286 g/mol. The number of anilines is 1. The molecule has 0 bridgehead atoms. The predicted molar refractivity (Wildman–Crippen MR) is 72.9 cm³/mol. The van der Waals surface area contributed by atoms with E-state index in [2.05, 4.69) is 4.98 Å². The van der Waals surface area contributed by atoms with Crippen molar-refractivity contribution >= 4 is 40.6 Å². The number of hydrogen-bond donors (Lipinski definition) is 1. The fourth-order valence-corrected chi connectivity index (χ4v) is 2.24. The maximum absolute atomic E-state index is 6.09. The van der Waals surface area contributed by atoms with E-state index in [0.29, 0.717) is 27.3 Å². The van der Waals surface area contributed by atoms with E-state index >= 15 is 0 Å². The lowest BCUT2D eigenvalue weighted by molar-refractivity contribution is 1.15. The van der Waals surface area contributed by atoms with E-state index in [1.807, 2.05) is 0 Å². The van der Waals surface area contributed by atoms with Gasteiger partial charge >= 0.3 is 0 Å². The molecule has 0 aliphatic heterocycles. The third-order valence-electron chi connectivity index (χ3n) is 2.40. The molecular weight excluding hydrogens is 279 g/mol. The third-order valence-corrected chi connectivity index (χ3v) is 3.31. The molecule has 1 heterocycles. The number of benzene rings is 1. The Morgan fingerprint density at radius 2 is 1.76 bits per heavy atom. The van der Waals surface area contributed by atoms with Crippen LogP contribution in [0.25, 0.3) is 0 Å². The summed E-state index contributed by atoms with van der Waals surface area (Å²) in [4.78, 5) is 3.99. The van der Waals surface area contributed by atoms with Crippen LogP contribution in [0.1, 0.15) is 11.1 Å². The molecule has 0 fully saturated rings. The zero-order chi connectivity index (χ0) is 12.4. The Kier molecular flexibility index (Phi) is 3.77. The number of pyridine rings is 1. The van der Waals surface area contributed by atoms with E-state index in [1.165, 1.54) is 6.20 Å². The summed E-state index contributed by atoms with van der Waals surface area (Å²) in [6.07, 6.45) is 2.02. The van der Waals surface area contributed by atoms with Crippen molar-refractivity contribution in [3.05, 3.63) is 56.7 Å². The Balaban J connectivity index is 2.41. The Labute approximate surface area is 114 Å². The highest BCUT2D eigenvalue weighted by Crippen LogP contribution is 2.28. The van der Waals surface area contributed by atoms with E-state index in [1.54, 1.807) is 24.3 Å². The van der Waals surface area contributed by atoms with Crippen molar-refractivity contribution in [3.8, 4) is 0 Å². The summed E-state index contributed by atoms with van der Waals surface area (Å²) < 4.78 is 0. The zero-order valence-corrected chi connectivity index (χ0v) is 11.0. The lowest BCUT2D eigenvalue weighted by atomic mass is 10.1. The highest BCUT2D eigenvalue weighted by atomic mass is 35.5. The van der Waals surface area contributed by atoms with Crippen LogP contribution < -0.4 is 5.73 Å². The highest BCUT2D eigenvalue weighted by Gasteiger charge is 2.09. The van der Waals surface area contributed by atoms with Crippen LogP contribution in [0, 0.1) is 0 Å². The number of halogens is 3. The molecule has 2 aromatic rings. The van der Waals surface area contributed by atoms with Gasteiger partial charge in [0.1, 0.15) is 5.82 Å². The second-order valence-electron chi connectivity index (χ2n) is 3.57. The summed E-state index contributed by atoms with van der Waals surface area (Å²) in [5, 5.41) is 1.76. The molecular formula is C12H9Cl3N2. The molecule has 0 saturated heterocycles. The van der Waals surface area contributed by atoms with E-state index in [-0.39, 0.29) is 0 Å². The van der Waals surface area contributed by atoms with Crippen molar-refractivity contribution < 1.29 is 0 Å². The first-order valence-electron chi connectivity index (χ1n) is 4.90. The Morgan fingerprint density at radius 3 is 2.41 bits per heavy atom. The van der Waals surface area contributed by atoms with Crippen molar-refractivity contribution in [1.82, 2.24) is 4.98 Å². The second-order valence-corrected chi connectivity index (χ2v) is 4.83. The molecule has 0 aliphatic carbocycles. The van der Waals surface area contributed by atoms with Crippen LogP contribution >= 0.6 is 34.8 Å². The van der Waals surface area contributed by atoms with Gasteiger partial charge in [-0.1, -0.05) is 40.9 Å². The smallest absolute Gasteiger partial charge is 0.126 e. The van der Waals surface area contributed by atoms with Crippen molar-refractivity contribution in [2.75, 3.05) is 5.73 Å². The van der Waals surface area contributed by atoms with Gasteiger partial charge in [0, 0.05) is 28.2 Å². The lowest BCUT2D eigenvalue weighted by Gasteiger charge is -2.09.